The van der Waals surface area contributed by atoms with Crippen LogP contribution in [0.4, 0.5) is 0 Å². The number of carbonyl (C=O) groups is 2. The number of hydrogen-bond donors (Lipinski definition) is 3. The first-order valence-corrected chi connectivity index (χ1v) is 13.5. The van der Waals surface area contributed by atoms with Crippen molar-refractivity contribution in [1.82, 2.24) is 0 Å². The summed E-state index contributed by atoms with van der Waals surface area (Å²) in [6.07, 6.45) is 11.5. The second kappa shape index (κ2) is 16.6. The van der Waals surface area contributed by atoms with Crippen LogP contribution in [0, 0.1) is 23.7 Å². The molecule has 0 radical (unpaired) electrons. The van der Waals surface area contributed by atoms with E-state index in [0.717, 1.165) is 5.57 Å². The van der Waals surface area contributed by atoms with Crippen LogP contribution in [0.3, 0.4) is 0 Å². The van der Waals surface area contributed by atoms with Gasteiger partial charge in [0.15, 0.2) is 0 Å². The molecule has 0 spiro atoms. The van der Waals surface area contributed by atoms with Crippen LogP contribution in [0.15, 0.2) is 48.1 Å². The van der Waals surface area contributed by atoms with E-state index in [4.69, 9.17) is 9.47 Å². The van der Waals surface area contributed by atoms with Crippen molar-refractivity contribution in [1.29, 1.82) is 0 Å². The van der Waals surface area contributed by atoms with Crippen LogP contribution >= 0.6 is 0 Å². The van der Waals surface area contributed by atoms with E-state index in [2.05, 4.69) is 0 Å². The van der Waals surface area contributed by atoms with Crippen molar-refractivity contribution >= 4 is 11.9 Å². The molecular weight excluding hydrogens is 472 g/mol. The number of ether oxygens (including phenoxy) is 2. The van der Waals surface area contributed by atoms with E-state index in [1.54, 1.807) is 6.08 Å². The Labute approximate surface area is 222 Å². The minimum absolute atomic E-state index is 0.00865. The van der Waals surface area contributed by atoms with E-state index >= 15 is 0 Å². The predicted octanol–water partition coefficient (Wildman–Crippen LogP) is 4.67. The van der Waals surface area contributed by atoms with Crippen LogP contribution in [0.25, 0.3) is 0 Å². The summed E-state index contributed by atoms with van der Waals surface area (Å²) in [6.45, 7) is 12.9. The van der Waals surface area contributed by atoms with Gasteiger partial charge in [0, 0.05) is 24.7 Å². The number of carbonyl (C=O) groups excluding carboxylic acids is 2. The minimum atomic E-state index is -0.826. The summed E-state index contributed by atoms with van der Waals surface area (Å²) in [7, 11) is 0. The van der Waals surface area contributed by atoms with Crippen molar-refractivity contribution in [2.45, 2.75) is 105 Å². The van der Waals surface area contributed by atoms with Gasteiger partial charge in [-0.25, -0.2) is 0 Å². The topological polar surface area (TPSA) is 113 Å². The maximum Gasteiger partial charge on any atom is 0.309 e. The van der Waals surface area contributed by atoms with Gasteiger partial charge in [-0.1, -0.05) is 71.1 Å². The molecule has 0 aliphatic carbocycles. The second-order valence-corrected chi connectivity index (χ2v) is 10.5. The molecule has 0 saturated heterocycles. The number of esters is 2. The highest BCUT2D eigenvalue weighted by Crippen LogP contribution is 2.24. The van der Waals surface area contributed by atoms with Crippen molar-refractivity contribution in [2.75, 3.05) is 0 Å². The molecule has 7 heteroatoms. The lowest BCUT2D eigenvalue weighted by atomic mass is 9.92. The van der Waals surface area contributed by atoms with Gasteiger partial charge in [-0.05, 0) is 43.8 Å². The Bertz CT molecular complexity index is 828. The third kappa shape index (κ3) is 12.2. The number of cyclic esters (lactones) is 1. The number of allylic oxidation sites excluding steroid dienone is 2. The van der Waals surface area contributed by atoms with Crippen molar-refractivity contribution < 1.29 is 34.4 Å². The van der Waals surface area contributed by atoms with Crippen LogP contribution in [0.1, 0.15) is 74.1 Å². The highest BCUT2D eigenvalue weighted by molar-refractivity contribution is 5.70. The molecule has 9 atom stereocenters. The Hall–Kier alpha value is -2.22. The van der Waals surface area contributed by atoms with Crippen molar-refractivity contribution in [2.24, 2.45) is 23.7 Å². The highest BCUT2D eigenvalue weighted by Gasteiger charge is 2.26. The van der Waals surface area contributed by atoms with E-state index < -0.39 is 36.5 Å². The molecule has 210 valence electrons. The van der Waals surface area contributed by atoms with Crippen LogP contribution in [0.5, 0.6) is 0 Å². The zero-order valence-electron chi connectivity index (χ0n) is 23.5. The molecule has 1 aliphatic heterocycles. The minimum Gasteiger partial charge on any atom is -0.458 e. The molecular formula is C30H48O7. The lowest BCUT2D eigenvalue weighted by molar-refractivity contribution is -0.151. The molecule has 0 amide bonds. The first-order chi connectivity index (χ1) is 17.3. The second-order valence-electron chi connectivity index (χ2n) is 10.5. The zero-order valence-corrected chi connectivity index (χ0v) is 23.5. The third-order valence-corrected chi connectivity index (χ3v) is 6.96. The van der Waals surface area contributed by atoms with Gasteiger partial charge in [-0.15, -0.1) is 0 Å². The molecule has 37 heavy (non-hydrogen) atoms. The zero-order chi connectivity index (χ0) is 28.1. The standard InChI is InChI=1S/C30H48O7/c1-8-26(33)20(3)13-16-27(34)19(2)10-9-11-22(5)30-23(6)14-17-28(36-24(7)31)21(4)12-15-25(32)18-29(35)37-30/h9-11,13-14,16-17,19-21,23,25-28,30,32-34H,8,12,15,18H2,1-7H3/b10-9+,16-13+,17-14+,22-11+. The van der Waals surface area contributed by atoms with Gasteiger partial charge in [0.25, 0.3) is 0 Å². The first-order valence-electron chi connectivity index (χ1n) is 13.5. The van der Waals surface area contributed by atoms with E-state index in [0.29, 0.717) is 19.3 Å². The molecule has 3 N–H and O–H groups in total. The lowest BCUT2D eigenvalue weighted by Crippen LogP contribution is -2.30. The average molecular weight is 521 g/mol. The van der Waals surface area contributed by atoms with Crippen LogP contribution < -0.4 is 0 Å². The monoisotopic (exact) mass is 520 g/mol. The largest absolute Gasteiger partial charge is 0.458 e. The molecule has 7 nitrogen and oxygen atoms in total. The molecule has 0 aromatic carbocycles. The summed E-state index contributed by atoms with van der Waals surface area (Å²) in [4.78, 5) is 24.2. The van der Waals surface area contributed by atoms with E-state index in [1.807, 2.05) is 78.0 Å². The maximum absolute atomic E-state index is 12.5. The van der Waals surface area contributed by atoms with Gasteiger partial charge in [0.2, 0.25) is 0 Å². The van der Waals surface area contributed by atoms with Gasteiger partial charge < -0.3 is 24.8 Å². The molecule has 9 unspecified atom stereocenters. The number of hydrogen-bond acceptors (Lipinski definition) is 7. The molecule has 0 saturated carbocycles. The fourth-order valence-corrected chi connectivity index (χ4v) is 4.20. The van der Waals surface area contributed by atoms with Crippen LogP contribution in [-0.2, 0) is 19.1 Å². The first kappa shape index (κ1) is 32.8. The number of aliphatic hydroxyl groups is 3. The Morgan fingerprint density at radius 2 is 1.78 bits per heavy atom. The summed E-state index contributed by atoms with van der Waals surface area (Å²) in [6, 6.07) is 0. The fraction of sp³-hybridized carbons (Fsp3) is 0.667. The summed E-state index contributed by atoms with van der Waals surface area (Å²) in [5, 5.41) is 30.7. The Morgan fingerprint density at radius 1 is 1.11 bits per heavy atom. The quantitative estimate of drug-likeness (QED) is 0.230. The Kier molecular flexibility index (Phi) is 14.7. The Morgan fingerprint density at radius 3 is 2.41 bits per heavy atom. The van der Waals surface area contributed by atoms with Gasteiger partial charge in [-0.3, -0.25) is 9.59 Å². The SMILES string of the molecule is CCC(O)C(C)/C=C/C(O)C(C)/C=C/C=C(\C)C1OC(=O)CC(O)CCC(C)C(OC(C)=O)/C=C/C1C. The summed E-state index contributed by atoms with van der Waals surface area (Å²) >= 11 is 0. The number of rotatable bonds is 9. The molecule has 0 bridgehead atoms. The third-order valence-electron chi connectivity index (χ3n) is 6.96. The molecule has 0 aromatic rings. The molecule has 0 fully saturated rings. The molecule has 1 heterocycles. The van der Waals surface area contributed by atoms with E-state index in [9.17, 15) is 24.9 Å². The normalized spacial score (nSPS) is 30.6. The molecule has 1 aliphatic rings. The van der Waals surface area contributed by atoms with Crippen molar-refractivity contribution in [3.05, 3.63) is 48.1 Å². The van der Waals surface area contributed by atoms with E-state index in [1.165, 1.54) is 6.92 Å². The fourth-order valence-electron chi connectivity index (χ4n) is 4.20. The summed E-state index contributed by atoms with van der Waals surface area (Å²) in [5.74, 6) is -1.24. The summed E-state index contributed by atoms with van der Waals surface area (Å²) < 4.78 is 11.3. The highest BCUT2D eigenvalue weighted by atomic mass is 16.5. The Balaban J connectivity index is 3.04. The predicted molar refractivity (Wildman–Crippen MR) is 145 cm³/mol. The van der Waals surface area contributed by atoms with Gasteiger partial charge in [0.1, 0.15) is 12.2 Å². The molecule has 0 aromatic heterocycles. The van der Waals surface area contributed by atoms with E-state index in [-0.39, 0.29) is 36.1 Å². The lowest BCUT2D eigenvalue weighted by Gasteiger charge is -2.27. The van der Waals surface area contributed by atoms with Crippen LogP contribution in [0.2, 0.25) is 0 Å². The van der Waals surface area contributed by atoms with Crippen molar-refractivity contribution in [3.63, 3.8) is 0 Å². The van der Waals surface area contributed by atoms with Gasteiger partial charge >= 0.3 is 11.9 Å². The van der Waals surface area contributed by atoms with Gasteiger partial charge in [-0.2, -0.15) is 0 Å². The van der Waals surface area contributed by atoms with Crippen molar-refractivity contribution in [3.8, 4) is 0 Å². The molecule has 1 rings (SSSR count). The van der Waals surface area contributed by atoms with Gasteiger partial charge in [0.05, 0.1) is 24.7 Å². The summed E-state index contributed by atoms with van der Waals surface area (Å²) in [5.41, 5.74) is 0.808. The van der Waals surface area contributed by atoms with Crippen LogP contribution in [-0.4, -0.2) is 57.8 Å². The smallest absolute Gasteiger partial charge is 0.309 e. The maximum atomic E-state index is 12.5. The number of aliphatic hydroxyl groups excluding tert-OH is 3. The average Bonchev–Trinajstić information content (AvgIpc) is 2.84.